The molecule has 2 aromatic heterocycles. The maximum absolute atomic E-state index is 12.9. The summed E-state index contributed by atoms with van der Waals surface area (Å²) >= 11 is 0. The van der Waals surface area contributed by atoms with Gasteiger partial charge in [-0.05, 0) is 36.8 Å². The molecule has 7 nitrogen and oxygen atoms in total. The first-order valence-electron chi connectivity index (χ1n) is 9.10. The number of halogens is 3. The Morgan fingerprint density at radius 3 is 2.59 bits per heavy atom. The van der Waals surface area contributed by atoms with Crippen molar-refractivity contribution in [2.75, 3.05) is 18.0 Å². The minimum absolute atomic E-state index is 0.0301. The zero-order valence-corrected chi connectivity index (χ0v) is 15.1. The molecule has 29 heavy (non-hydrogen) atoms. The second-order valence-corrected chi connectivity index (χ2v) is 7.16. The van der Waals surface area contributed by atoms with E-state index in [0.29, 0.717) is 18.7 Å². The third-order valence-electron chi connectivity index (χ3n) is 5.44. The van der Waals surface area contributed by atoms with E-state index in [-0.39, 0.29) is 23.7 Å². The zero-order valence-electron chi connectivity index (χ0n) is 15.1. The molecule has 0 radical (unpaired) electrons. The quantitative estimate of drug-likeness (QED) is 0.728. The Kier molecular flexibility index (Phi) is 3.90. The van der Waals surface area contributed by atoms with Crippen LogP contribution in [0.15, 0.2) is 42.9 Å². The molecule has 2 bridgehead atoms. The molecule has 1 amide bonds. The first kappa shape index (κ1) is 17.8. The Balaban J connectivity index is 1.31. The lowest BCUT2D eigenvalue weighted by Crippen LogP contribution is -2.49. The predicted molar refractivity (Wildman–Crippen MR) is 97.6 cm³/mol. The summed E-state index contributed by atoms with van der Waals surface area (Å²) in [6.07, 6.45) is -0.585. The summed E-state index contributed by atoms with van der Waals surface area (Å²) in [5.41, 5.74) is 1.11. The number of amides is 1. The SMILES string of the molecule is O=C(c1ccc(OC(F)(F)F)cc1)N1CC2CC1CN2c1ncnc2[nH]ccc12. The molecule has 0 aliphatic carbocycles. The molecule has 2 aliphatic rings. The van der Waals surface area contributed by atoms with Gasteiger partial charge in [-0.2, -0.15) is 0 Å². The molecule has 10 heteroatoms. The van der Waals surface area contributed by atoms with Crippen molar-refractivity contribution in [3.63, 3.8) is 0 Å². The normalized spacial score (nSPS) is 21.2. The minimum atomic E-state index is -4.75. The molecule has 0 spiro atoms. The number of nitrogens with zero attached hydrogens (tertiary/aromatic N) is 4. The summed E-state index contributed by atoms with van der Waals surface area (Å²) in [7, 11) is 0. The minimum Gasteiger partial charge on any atom is -0.406 e. The van der Waals surface area contributed by atoms with Crippen LogP contribution in [0, 0.1) is 0 Å². The van der Waals surface area contributed by atoms with Gasteiger partial charge in [0.25, 0.3) is 5.91 Å². The third kappa shape index (κ3) is 3.14. The number of H-pyrrole nitrogens is 1. The van der Waals surface area contributed by atoms with Crippen molar-refractivity contribution in [2.45, 2.75) is 24.9 Å². The molecule has 2 fully saturated rings. The number of aromatic nitrogens is 3. The van der Waals surface area contributed by atoms with Crippen LogP contribution in [0.1, 0.15) is 16.8 Å². The summed E-state index contributed by atoms with van der Waals surface area (Å²) in [4.78, 5) is 28.6. The number of carbonyl (C=O) groups excluding carboxylic acids is 1. The fourth-order valence-electron chi connectivity index (χ4n) is 4.23. The van der Waals surface area contributed by atoms with E-state index in [0.717, 1.165) is 35.4 Å². The van der Waals surface area contributed by atoms with Gasteiger partial charge in [0, 0.05) is 24.8 Å². The van der Waals surface area contributed by atoms with Gasteiger partial charge in [0.1, 0.15) is 23.5 Å². The molecule has 3 aromatic rings. The number of aromatic amines is 1. The topological polar surface area (TPSA) is 74.3 Å². The molecule has 4 heterocycles. The van der Waals surface area contributed by atoms with Gasteiger partial charge in [0.15, 0.2) is 0 Å². The standard InChI is InChI=1S/C19H16F3N5O2/c20-19(21,22)29-14-3-1-11(2-4-14)18(28)27-9-12-7-13(27)8-26(12)17-15-5-6-23-16(15)24-10-25-17/h1-6,10,12-13H,7-9H2,(H,23,24,25). The highest BCUT2D eigenvalue weighted by Crippen LogP contribution is 2.37. The van der Waals surface area contributed by atoms with Gasteiger partial charge in [-0.25, -0.2) is 9.97 Å². The summed E-state index contributed by atoms with van der Waals surface area (Å²) in [5, 5.41) is 0.943. The monoisotopic (exact) mass is 403 g/mol. The van der Waals surface area contributed by atoms with Crippen LogP contribution < -0.4 is 9.64 Å². The number of anilines is 1. The molecule has 1 aromatic carbocycles. The Morgan fingerprint density at radius 2 is 1.90 bits per heavy atom. The van der Waals surface area contributed by atoms with Gasteiger partial charge < -0.3 is 19.5 Å². The van der Waals surface area contributed by atoms with Crippen LogP contribution in [-0.4, -0.2) is 57.3 Å². The summed E-state index contributed by atoms with van der Waals surface area (Å²) in [6.45, 7) is 1.20. The second kappa shape index (κ2) is 6.36. The first-order chi connectivity index (χ1) is 13.9. The van der Waals surface area contributed by atoms with Crippen LogP contribution in [-0.2, 0) is 0 Å². The van der Waals surface area contributed by atoms with Gasteiger partial charge in [0.05, 0.1) is 17.5 Å². The average Bonchev–Trinajstić information content (AvgIpc) is 3.41. The van der Waals surface area contributed by atoms with E-state index in [4.69, 9.17) is 0 Å². The predicted octanol–water partition coefficient (Wildman–Crippen LogP) is 2.96. The number of nitrogens with one attached hydrogen (secondary N) is 1. The van der Waals surface area contributed by atoms with Gasteiger partial charge in [-0.1, -0.05) is 0 Å². The maximum Gasteiger partial charge on any atom is 0.573 e. The molecular formula is C19H16F3N5O2. The molecule has 5 rings (SSSR count). The molecule has 2 saturated heterocycles. The van der Waals surface area contributed by atoms with E-state index in [2.05, 4.69) is 24.6 Å². The van der Waals surface area contributed by atoms with E-state index in [1.165, 1.54) is 18.5 Å². The lowest BCUT2D eigenvalue weighted by molar-refractivity contribution is -0.274. The van der Waals surface area contributed by atoms with Crippen LogP contribution in [0.25, 0.3) is 11.0 Å². The van der Waals surface area contributed by atoms with Crippen LogP contribution >= 0.6 is 0 Å². The Labute approximate surface area is 163 Å². The van der Waals surface area contributed by atoms with E-state index >= 15 is 0 Å². The Hall–Kier alpha value is -3.30. The molecular weight excluding hydrogens is 387 g/mol. The lowest BCUT2D eigenvalue weighted by Gasteiger charge is -2.35. The number of likely N-dealkylation sites (tertiary alicyclic amines) is 1. The first-order valence-corrected chi connectivity index (χ1v) is 9.10. The number of alkyl halides is 3. The highest BCUT2D eigenvalue weighted by molar-refractivity contribution is 5.95. The Morgan fingerprint density at radius 1 is 1.10 bits per heavy atom. The van der Waals surface area contributed by atoms with Crippen LogP contribution in [0.5, 0.6) is 5.75 Å². The van der Waals surface area contributed by atoms with Crippen molar-refractivity contribution in [3.8, 4) is 5.75 Å². The number of piperazine rings is 1. The molecule has 2 unspecified atom stereocenters. The van der Waals surface area contributed by atoms with Crippen molar-refractivity contribution in [1.82, 2.24) is 19.9 Å². The van der Waals surface area contributed by atoms with Crippen molar-refractivity contribution < 1.29 is 22.7 Å². The maximum atomic E-state index is 12.9. The number of benzene rings is 1. The summed E-state index contributed by atoms with van der Waals surface area (Å²) < 4.78 is 40.7. The molecule has 2 atom stereocenters. The van der Waals surface area contributed by atoms with Gasteiger partial charge in [-0.15, -0.1) is 13.2 Å². The summed E-state index contributed by atoms with van der Waals surface area (Å²) in [5.74, 6) is 0.317. The number of hydrogen-bond donors (Lipinski definition) is 1. The van der Waals surface area contributed by atoms with Gasteiger partial charge in [0.2, 0.25) is 0 Å². The van der Waals surface area contributed by atoms with E-state index in [9.17, 15) is 18.0 Å². The number of fused-ring (bicyclic) bond motifs is 3. The van der Waals surface area contributed by atoms with Crippen molar-refractivity contribution in [1.29, 1.82) is 0 Å². The molecule has 2 aliphatic heterocycles. The third-order valence-corrected chi connectivity index (χ3v) is 5.44. The van der Waals surface area contributed by atoms with Gasteiger partial charge in [-0.3, -0.25) is 4.79 Å². The molecule has 150 valence electrons. The van der Waals surface area contributed by atoms with Gasteiger partial charge >= 0.3 is 6.36 Å². The highest BCUT2D eigenvalue weighted by Gasteiger charge is 2.46. The largest absolute Gasteiger partial charge is 0.573 e. The lowest BCUT2D eigenvalue weighted by atomic mass is 10.1. The Bertz CT molecular complexity index is 1070. The highest BCUT2D eigenvalue weighted by atomic mass is 19.4. The van der Waals surface area contributed by atoms with Crippen LogP contribution in [0.2, 0.25) is 0 Å². The number of rotatable bonds is 3. The van der Waals surface area contributed by atoms with Crippen LogP contribution in [0.3, 0.4) is 0 Å². The average molecular weight is 403 g/mol. The van der Waals surface area contributed by atoms with E-state index in [1.54, 1.807) is 4.90 Å². The number of hydrogen-bond acceptors (Lipinski definition) is 5. The number of ether oxygens (including phenoxy) is 1. The smallest absolute Gasteiger partial charge is 0.406 e. The zero-order chi connectivity index (χ0) is 20.2. The van der Waals surface area contributed by atoms with Crippen molar-refractivity contribution in [3.05, 3.63) is 48.4 Å². The molecule has 0 saturated carbocycles. The number of carbonyl (C=O) groups is 1. The van der Waals surface area contributed by atoms with Crippen LogP contribution in [0.4, 0.5) is 19.0 Å². The fraction of sp³-hybridized carbons (Fsp3) is 0.316. The fourth-order valence-corrected chi connectivity index (χ4v) is 4.23. The second-order valence-electron chi connectivity index (χ2n) is 7.16. The molecule has 1 N–H and O–H groups in total. The van der Waals surface area contributed by atoms with Crippen molar-refractivity contribution >= 4 is 22.8 Å². The van der Waals surface area contributed by atoms with Crippen molar-refractivity contribution in [2.24, 2.45) is 0 Å². The van der Waals surface area contributed by atoms with E-state index < -0.39 is 6.36 Å². The van der Waals surface area contributed by atoms with E-state index in [1.807, 2.05) is 12.3 Å². The summed E-state index contributed by atoms with van der Waals surface area (Å²) in [6, 6.07) is 7.15.